The molecule has 31 heavy (non-hydrogen) atoms. The van der Waals surface area contributed by atoms with Gasteiger partial charge in [-0.25, -0.2) is 4.98 Å². The Labute approximate surface area is 184 Å². The van der Waals surface area contributed by atoms with Gasteiger partial charge in [0.15, 0.2) is 0 Å². The second kappa shape index (κ2) is 9.30. The van der Waals surface area contributed by atoms with Crippen LogP contribution in [0.15, 0.2) is 60.9 Å². The van der Waals surface area contributed by atoms with E-state index < -0.39 is 5.91 Å². The van der Waals surface area contributed by atoms with Crippen LogP contribution in [0, 0.1) is 0 Å². The van der Waals surface area contributed by atoms with Crippen LogP contribution in [0.2, 0.25) is 0 Å². The second-order valence-electron chi connectivity index (χ2n) is 7.10. The first-order valence-corrected chi connectivity index (χ1v) is 10.8. The molecule has 3 aromatic heterocycles. The van der Waals surface area contributed by atoms with Crippen molar-refractivity contribution in [1.29, 1.82) is 0 Å². The minimum Gasteiger partial charge on any atom is -0.484 e. The smallest absolute Gasteiger partial charge is 0.262 e. The topological polar surface area (TPSA) is 102 Å². The zero-order valence-corrected chi connectivity index (χ0v) is 17.9. The number of aromatic nitrogens is 2. The van der Waals surface area contributed by atoms with E-state index in [1.807, 2.05) is 66.1 Å². The average molecular weight is 437 g/mol. The summed E-state index contributed by atoms with van der Waals surface area (Å²) in [5, 5.41) is 12.2. The van der Waals surface area contributed by atoms with Gasteiger partial charge in [0.1, 0.15) is 22.4 Å². The first kappa shape index (κ1) is 21.0. The molecule has 1 amide bonds. The molecule has 0 fully saturated rings. The van der Waals surface area contributed by atoms with Gasteiger partial charge < -0.3 is 20.9 Å². The van der Waals surface area contributed by atoms with Crippen LogP contribution in [-0.2, 0) is 6.54 Å². The minimum absolute atomic E-state index is 0.0805. The molecule has 0 aliphatic carbocycles. The summed E-state index contributed by atoms with van der Waals surface area (Å²) in [6.45, 7) is 3.16. The molecule has 1 atom stereocenters. The number of aliphatic hydroxyl groups is 1. The highest BCUT2D eigenvalue weighted by Gasteiger charge is 2.21. The molecular formula is C23H24N4O3S. The van der Waals surface area contributed by atoms with Crippen molar-refractivity contribution in [1.82, 2.24) is 14.7 Å². The van der Waals surface area contributed by atoms with Crippen molar-refractivity contribution in [2.75, 3.05) is 13.2 Å². The maximum atomic E-state index is 12.1. The number of nitrogens with zero attached hydrogens (tertiary/aromatic N) is 2. The van der Waals surface area contributed by atoms with E-state index in [1.54, 1.807) is 6.20 Å². The zero-order valence-electron chi connectivity index (χ0n) is 17.1. The maximum absolute atomic E-state index is 12.1. The number of thiophene rings is 1. The number of rotatable bonds is 9. The van der Waals surface area contributed by atoms with Crippen molar-refractivity contribution in [3.63, 3.8) is 0 Å². The van der Waals surface area contributed by atoms with Crippen LogP contribution in [0.5, 0.6) is 5.75 Å². The third-order valence-electron chi connectivity index (χ3n) is 4.99. The van der Waals surface area contributed by atoms with Crippen molar-refractivity contribution in [2.45, 2.75) is 19.6 Å². The molecule has 0 bridgehead atoms. The lowest BCUT2D eigenvalue weighted by Crippen LogP contribution is -2.19. The number of nitrogens with two attached hydrogens (primary N) is 1. The summed E-state index contributed by atoms with van der Waals surface area (Å²) in [5.41, 5.74) is 9.43. The van der Waals surface area contributed by atoms with Gasteiger partial charge in [0.2, 0.25) is 0 Å². The molecule has 4 N–H and O–H groups in total. The van der Waals surface area contributed by atoms with Gasteiger partial charge in [0.25, 0.3) is 5.91 Å². The molecule has 0 saturated carbocycles. The third-order valence-corrected chi connectivity index (χ3v) is 6.15. The van der Waals surface area contributed by atoms with Crippen molar-refractivity contribution >= 4 is 22.9 Å². The van der Waals surface area contributed by atoms with Gasteiger partial charge >= 0.3 is 0 Å². The van der Waals surface area contributed by atoms with Gasteiger partial charge in [0, 0.05) is 25.4 Å². The van der Waals surface area contributed by atoms with Crippen molar-refractivity contribution in [3.8, 4) is 16.3 Å². The molecule has 3 heterocycles. The number of ether oxygens (including phenoxy) is 1. The number of pyridine rings is 1. The van der Waals surface area contributed by atoms with Gasteiger partial charge in [-0.1, -0.05) is 30.3 Å². The second-order valence-corrected chi connectivity index (χ2v) is 8.15. The summed E-state index contributed by atoms with van der Waals surface area (Å²) in [4.78, 5) is 17.8. The molecular weight excluding hydrogens is 412 g/mol. The molecule has 0 saturated heterocycles. The Morgan fingerprint density at radius 1 is 1.29 bits per heavy atom. The Kier molecular flexibility index (Phi) is 6.31. The Morgan fingerprint density at radius 2 is 2.10 bits per heavy atom. The van der Waals surface area contributed by atoms with Crippen LogP contribution >= 0.6 is 11.3 Å². The number of hydrogen-bond acceptors (Lipinski definition) is 6. The number of benzene rings is 1. The minimum atomic E-state index is -0.523. The third kappa shape index (κ3) is 4.46. The molecule has 8 heteroatoms. The highest BCUT2D eigenvalue weighted by atomic mass is 32.1. The van der Waals surface area contributed by atoms with Crippen molar-refractivity contribution in [3.05, 3.63) is 76.9 Å². The lowest BCUT2D eigenvalue weighted by atomic mass is 10.0. The summed E-state index contributed by atoms with van der Waals surface area (Å²) >= 11 is 1.30. The number of amides is 1. The monoisotopic (exact) mass is 436 g/mol. The van der Waals surface area contributed by atoms with Crippen LogP contribution in [-0.4, -0.2) is 33.6 Å². The Morgan fingerprint density at radius 3 is 2.90 bits per heavy atom. The van der Waals surface area contributed by atoms with E-state index in [2.05, 4.69) is 10.3 Å². The van der Waals surface area contributed by atoms with Gasteiger partial charge in [-0.3, -0.25) is 9.20 Å². The fraction of sp³-hybridized carbons (Fsp3) is 0.217. The molecule has 1 unspecified atom stereocenters. The molecule has 1 aromatic carbocycles. The number of hydrogen-bond donors (Lipinski definition) is 3. The van der Waals surface area contributed by atoms with E-state index in [0.29, 0.717) is 23.7 Å². The highest BCUT2D eigenvalue weighted by Crippen LogP contribution is 2.38. The van der Waals surface area contributed by atoms with Crippen LogP contribution in [0.1, 0.15) is 33.8 Å². The molecule has 7 nitrogen and oxygen atoms in total. The molecule has 0 aliphatic heterocycles. The summed E-state index contributed by atoms with van der Waals surface area (Å²) < 4.78 is 8.20. The number of nitrogens with one attached hydrogen (secondary N) is 1. The van der Waals surface area contributed by atoms with Crippen LogP contribution in [0.25, 0.3) is 16.2 Å². The fourth-order valence-corrected chi connectivity index (χ4v) is 4.47. The van der Waals surface area contributed by atoms with Gasteiger partial charge in [-0.15, -0.1) is 11.3 Å². The molecule has 0 aliphatic rings. The molecule has 160 valence electrons. The predicted octanol–water partition coefficient (Wildman–Crippen LogP) is 3.38. The summed E-state index contributed by atoms with van der Waals surface area (Å²) in [7, 11) is 0. The van der Waals surface area contributed by atoms with Crippen LogP contribution < -0.4 is 15.8 Å². The van der Waals surface area contributed by atoms with E-state index in [0.717, 1.165) is 27.3 Å². The predicted molar refractivity (Wildman–Crippen MR) is 121 cm³/mol. The quantitative estimate of drug-likeness (QED) is 0.349. The largest absolute Gasteiger partial charge is 0.484 e. The number of carbonyl (C=O) groups excluding carboxylic acids is 1. The van der Waals surface area contributed by atoms with E-state index in [9.17, 15) is 4.79 Å². The standard InChI is InChI=1S/C23H24N4O3S/c1-15(17-7-3-2-6-16(17)13-25-9-11-28)30-19-12-20(31-22(19)23(24)29)18-14-26-21-8-4-5-10-27(18)21/h2-8,10,12,14-15,25,28H,9,11,13H2,1H3,(H2,24,29). The van der Waals surface area contributed by atoms with E-state index >= 15 is 0 Å². The molecule has 0 radical (unpaired) electrons. The average Bonchev–Trinajstić information content (AvgIpc) is 3.38. The van der Waals surface area contributed by atoms with E-state index in [-0.39, 0.29) is 12.7 Å². The van der Waals surface area contributed by atoms with Crippen molar-refractivity contribution in [2.24, 2.45) is 5.73 Å². The molecule has 4 rings (SSSR count). The van der Waals surface area contributed by atoms with Crippen molar-refractivity contribution < 1.29 is 14.6 Å². The Balaban J connectivity index is 1.64. The fourth-order valence-electron chi connectivity index (χ4n) is 3.52. The van der Waals surface area contributed by atoms with Gasteiger partial charge in [-0.05, 0) is 30.2 Å². The number of carbonyl (C=O) groups is 1. The maximum Gasteiger partial charge on any atom is 0.262 e. The Bertz CT molecular complexity index is 1200. The van der Waals surface area contributed by atoms with Gasteiger partial charge in [-0.2, -0.15) is 0 Å². The highest BCUT2D eigenvalue weighted by molar-refractivity contribution is 7.17. The zero-order chi connectivity index (χ0) is 21.8. The Hall–Kier alpha value is -3.20. The number of primary amides is 1. The first-order chi connectivity index (χ1) is 15.1. The SMILES string of the molecule is CC(Oc1cc(-c2cnc3ccccn23)sc1C(N)=O)c1ccccc1CNCCO. The van der Waals surface area contributed by atoms with E-state index in [4.69, 9.17) is 15.6 Å². The summed E-state index contributed by atoms with van der Waals surface area (Å²) in [5.74, 6) is -0.0610. The number of aliphatic hydroxyl groups excluding tert-OH is 1. The molecule has 0 spiro atoms. The van der Waals surface area contributed by atoms with Crippen LogP contribution in [0.4, 0.5) is 0 Å². The normalized spacial score (nSPS) is 12.2. The van der Waals surface area contributed by atoms with Crippen LogP contribution in [0.3, 0.4) is 0 Å². The number of imidazole rings is 1. The lowest BCUT2D eigenvalue weighted by molar-refractivity contribution is 0.0998. The molecule has 4 aromatic rings. The van der Waals surface area contributed by atoms with E-state index in [1.165, 1.54) is 11.3 Å². The summed E-state index contributed by atoms with van der Waals surface area (Å²) in [6.07, 6.45) is 3.41. The first-order valence-electron chi connectivity index (χ1n) is 10.0. The summed E-state index contributed by atoms with van der Waals surface area (Å²) in [6, 6.07) is 15.6. The number of fused-ring (bicyclic) bond motifs is 1. The lowest BCUT2D eigenvalue weighted by Gasteiger charge is -2.18. The van der Waals surface area contributed by atoms with Gasteiger partial charge in [0.05, 0.1) is 23.4 Å².